The van der Waals surface area contributed by atoms with Crippen LogP contribution in [0.4, 0.5) is 11.4 Å². The fourth-order valence-corrected chi connectivity index (χ4v) is 3.06. The number of morpholine rings is 1. The Kier molecular flexibility index (Phi) is 6.08. The molecule has 27 heavy (non-hydrogen) atoms. The first-order valence-electron chi connectivity index (χ1n) is 9.10. The van der Waals surface area contributed by atoms with E-state index in [1.54, 1.807) is 25.1 Å². The zero-order valence-electron chi connectivity index (χ0n) is 15.7. The van der Waals surface area contributed by atoms with E-state index in [1.165, 1.54) is 0 Å². The lowest BCUT2D eigenvalue weighted by Crippen LogP contribution is -2.37. The molecule has 142 valence electrons. The van der Waals surface area contributed by atoms with Crippen LogP contribution in [0, 0.1) is 6.92 Å². The van der Waals surface area contributed by atoms with Gasteiger partial charge in [-0.05, 0) is 44.2 Å². The molecule has 6 nitrogen and oxygen atoms in total. The highest BCUT2D eigenvalue weighted by molar-refractivity contribution is 6.05. The Bertz CT molecular complexity index is 829. The molecule has 1 aliphatic heterocycles. The highest BCUT2D eigenvalue weighted by Gasteiger charge is 2.21. The maximum absolute atomic E-state index is 12.5. The van der Waals surface area contributed by atoms with Gasteiger partial charge in [-0.2, -0.15) is 0 Å². The van der Waals surface area contributed by atoms with Crippen LogP contribution in [0.1, 0.15) is 33.2 Å². The Morgan fingerprint density at radius 1 is 1.15 bits per heavy atom. The van der Waals surface area contributed by atoms with Crippen LogP contribution >= 0.6 is 0 Å². The second kappa shape index (κ2) is 8.68. The lowest BCUT2D eigenvalue weighted by molar-refractivity contribution is 0.0526. The maximum Gasteiger partial charge on any atom is 0.340 e. The van der Waals surface area contributed by atoms with Crippen LogP contribution in [0.5, 0.6) is 0 Å². The van der Waals surface area contributed by atoms with Gasteiger partial charge in [0.1, 0.15) is 0 Å². The summed E-state index contributed by atoms with van der Waals surface area (Å²) < 4.78 is 10.6. The highest BCUT2D eigenvalue weighted by Crippen LogP contribution is 2.26. The van der Waals surface area contributed by atoms with Crippen molar-refractivity contribution in [2.75, 3.05) is 43.1 Å². The number of rotatable bonds is 5. The number of anilines is 2. The summed E-state index contributed by atoms with van der Waals surface area (Å²) in [6, 6.07) is 12.7. The molecule has 0 bridgehead atoms. The number of hydrogen-bond acceptors (Lipinski definition) is 5. The Morgan fingerprint density at radius 2 is 1.93 bits per heavy atom. The van der Waals surface area contributed by atoms with E-state index in [2.05, 4.69) is 10.2 Å². The van der Waals surface area contributed by atoms with Gasteiger partial charge >= 0.3 is 5.97 Å². The first-order valence-corrected chi connectivity index (χ1v) is 9.10. The monoisotopic (exact) mass is 368 g/mol. The lowest BCUT2D eigenvalue weighted by atomic mass is 10.1. The predicted octanol–water partition coefficient (Wildman–Crippen LogP) is 3.26. The molecule has 0 aromatic heterocycles. The first-order chi connectivity index (χ1) is 13.1. The summed E-state index contributed by atoms with van der Waals surface area (Å²) >= 11 is 0. The van der Waals surface area contributed by atoms with Crippen LogP contribution < -0.4 is 10.2 Å². The second-order valence-electron chi connectivity index (χ2n) is 6.38. The largest absolute Gasteiger partial charge is 0.462 e. The van der Waals surface area contributed by atoms with E-state index in [-0.39, 0.29) is 5.91 Å². The maximum atomic E-state index is 12.5. The summed E-state index contributed by atoms with van der Waals surface area (Å²) in [5, 5.41) is 2.86. The molecule has 2 aromatic carbocycles. The van der Waals surface area contributed by atoms with Crippen LogP contribution in [-0.2, 0) is 9.47 Å². The Morgan fingerprint density at radius 3 is 2.63 bits per heavy atom. The van der Waals surface area contributed by atoms with Crippen molar-refractivity contribution in [3.05, 3.63) is 59.2 Å². The number of carbonyl (C=O) groups is 2. The summed E-state index contributed by atoms with van der Waals surface area (Å²) in [6.07, 6.45) is 0. The molecule has 0 aliphatic carbocycles. The van der Waals surface area contributed by atoms with Gasteiger partial charge in [-0.15, -0.1) is 0 Å². The number of hydrogen-bond donors (Lipinski definition) is 1. The van der Waals surface area contributed by atoms with Crippen molar-refractivity contribution >= 4 is 23.3 Å². The van der Waals surface area contributed by atoms with E-state index in [1.807, 2.05) is 31.2 Å². The standard InChI is InChI=1S/C21H24N2O4/c1-3-27-21(25)18-14-17(7-8-19(18)23-9-11-26-12-10-23)22-20(24)16-6-4-5-15(2)13-16/h4-8,13-14H,3,9-12H2,1-2H3,(H,22,24). The number of nitrogens with zero attached hydrogens (tertiary/aromatic N) is 1. The fourth-order valence-electron chi connectivity index (χ4n) is 3.06. The molecule has 1 aliphatic rings. The molecule has 0 atom stereocenters. The van der Waals surface area contributed by atoms with E-state index in [4.69, 9.17) is 9.47 Å². The molecule has 0 saturated carbocycles. The van der Waals surface area contributed by atoms with Gasteiger partial charge in [-0.3, -0.25) is 4.79 Å². The number of ether oxygens (including phenoxy) is 2. The van der Waals surface area contributed by atoms with Crippen molar-refractivity contribution in [1.29, 1.82) is 0 Å². The van der Waals surface area contributed by atoms with Crippen molar-refractivity contribution < 1.29 is 19.1 Å². The van der Waals surface area contributed by atoms with Crippen LogP contribution in [-0.4, -0.2) is 44.8 Å². The molecule has 0 radical (unpaired) electrons. The van der Waals surface area contributed by atoms with Crippen molar-refractivity contribution in [2.24, 2.45) is 0 Å². The zero-order chi connectivity index (χ0) is 19.2. The van der Waals surface area contributed by atoms with Crippen LogP contribution in [0.3, 0.4) is 0 Å². The van der Waals surface area contributed by atoms with Gasteiger partial charge in [-0.25, -0.2) is 4.79 Å². The van der Waals surface area contributed by atoms with Gasteiger partial charge in [0.15, 0.2) is 0 Å². The SMILES string of the molecule is CCOC(=O)c1cc(NC(=O)c2cccc(C)c2)ccc1N1CCOCC1. The number of esters is 1. The quantitative estimate of drug-likeness (QED) is 0.821. The van der Waals surface area contributed by atoms with E-state index in [9.17, 15) is 9.59 Å². The minimum absolute atomic E-state index is 0.215. The zero-order valence-corrected chi connectivity index (χ0v) is 15.7. The minimum atomic E-state index is -0.398. The molecular formula is C21H24N2O4. The molecular weight excluding hydrogens is 344 g/mol. The van der Waals surface area contributed by atoms with Crippen molar-refractivity contribution in [2.45, 2.75) is 13.8 Å². The molecule has 1 heterocycles. The summed E-state index contributed by atoms with van der Waals surface area (Å²) in [4.78, 5) is 27.1. The van der Waals surface area contributed by atoms with Gasteiger partial charge in [0, 0.05) is 24.3 Å². The van der Waals surface area contributed by atoms with Gasteiger partial charge in [0.05, 0.1) is 31.1 Å². The number of aryl methyl sites for hydroxylation is 1. The molecule has 6 heteroatoms. The Labute approximate surface area is 159 Å². The van der Waals surface area contributed by atoms with Crippen molar-refractivity contribution in [3.63, 3.8) is 0 Å². The summed E-state index contributed by atoms with van der Waals surface area (Å²) in [5.74, 6) is -0.613. The van der Waals surface area contributed by atoms with E-state index in [0.717, 1.165) is 11.3 Å². The fraction of sp³-hybridized carbons (Fsp3) is 0.333. The Balaban J connectivity index is 1.86. The van der Waals surface area contributed by atoms with Gasteiger partial charge in [-0.1, -0.05) is 17.7 Å². The molecule has 1 fully saturated rings. The Hall–Kier alpha value is -2.86. The smallest absolute Gasteiger partial charge is 0.340 e. The highest BCUT2D eigenvalue weighted by atomic mass is 16.5. The average Bonchev–Trinajstić information content (AvgIpc) is 2.69. The molecule has 1 N–H and O–H groups in total. The van der Waals surface area contributed by atoms with Crippen molar-refractivity contribution in [3.8, 4) is 0 Å². The van der Waals surface area contributed by atoms with E-state index < -0.39 is 5.97 Å². The van der Waals surface area contributed by atoms with E-state index >= 15 is 0 Å². The van der Waals surface area contributed by atoms with Gasteiger partial charge < -0.3 is 19.7 Å². The average molecular weight is 368 g/mol. The first kappa shape index (κ1) is 18.9. The van der Waals surface area contributed by atoms with E-state index in [0.29, 0.717) is 49.7 Å². The number of amides is 1. The predicted molar refractivity (Wildman–Crippen MR) is 105 cm³/mol. The molecule has 1 amide bonds. The normalized spacial score (nSPS) is 13.9. The van der Waals surface area contributed by atoms with Gasteiger partial charge in [0.2, 0.25) is 0 Å². The second-order valence-corrected chi connectivity index (χ2v) is 6.38. The third-order valence-corrected chi connectivity index (χ3v) is 4.38. The summed E-state index contributed by atoms with van der Waals surface area (Å²) in [6.45, 7) is 6.66. The number of benzene rings is 2. The molecule has 3 rings (SSSR count). The topological polar surface area (TPSA) is 67.9 Å². The molecule has 0 spiro atoms. The third kappa shape index (κ3) is 4.65. The summed E-state index contributed by atoms with van der Waals surface area (Å²) in [5.41, 5.74) is 3.38. The van der Waals surface area contributed by atoms with Crippen LogP contribution in [0.15, 0.2) is 42.5 Å². The molecule has 1 saturated heterocycles. The van der Waals surface area contributed by atoms with Crippen LogP contribution in [0.2, 0.25) is 0 Å². The molecule has 0 unspecified atom stereocenters. The minimum Gasteiger partial charge on any atom is -0.462 e. The number of nitrogens with one attached hydrogen (secondary N) is 1. The van der Waals surface area contributed by atoms with Gasteiger partial charge in [0.25, 0.3) is 5.91 Å². The summed E-state index contributed by atoms with van der Waals surface area (Å²) in [7, 11) is 0. The van der Waals surface area contributed by atoms with Crippen molar-refractivity contribution in [1.82, 2.24) is 0 Å². The third-order valence-electron chi connectivity index (χ3n) is 4.38. The lowest BCUT2D eigenvalue weighted by Gasteiger charge is -2.30. The van der Waals surface area contributed by atoms with Crippen LogP contribution in [0.25, 0.3) is 0 Å². The molecule has 2 aromatic rings. The number of carbonyl (C=O) groups excluding carboxylic acids is 2.